The van der Waals surface area contributed by atoms with Crippen LogP contribution in [0.2, 0.25) is 0 Å². The van der Waals surface area contributed by atoms with Gasteiger partial charge in [0.05, 0.1) is 19.1 Å². The number of methoxy groups -OCH3 is 1. The van der Waals surface area contributed by atoms with Crippen LogP contribution in [0.15, 0.2) is 53.0 Å². The summed E-state index contributed by atoms with van der Waals surface area (Å²) < 4.78 is 32.5. The first-order chi connectivity index (χ1) is 15.7. The summed E-state index contributed by atoms with van der Waals surface area (Å²) in [6, 6.07) is 13.1. The molecule has 0 saturated carbocycles. The van der Waals surface area contributed by atoms with Crippen molar-refractivity contribution in [3.05, 3.63) is 58.6 Å². The average Bonchev–Trinajstić information content (AvgIpc) is 2.74. The van der Waals surface area contributed by atoms with Gasteiger partial charge in [0.2, 0.25) is 21.8 Å². The Morgan fingerprint density at radius 1 is 1.09 bits per heavy atom. The number of carbonyl (C=O) groups excluding carboxylic acids is 2. The Balaban J connectivity index is 2.43. The molecule has 0 unspecified atom stereocenters. The highest BCUT2D eigenvalue weighted by Gasteiger charge is 2.32. The molecule has 0 heterocycles. The molecule has 1 N–H and O–H groups in total. The van der Waals surface area contributed by atoms with E-state index in [1.807, 2.05) is 45.0 Å². The summed E-state index contributed by atoms with van der Waals surface area (Å²) in [5, 5.41) is 2.89. The normalized spacial score (nSPS) is 12.6. The van der Waals surface area contributed by atoms with Gasteiger partial charge < -0.3 is 15.0 Å². The Hall–Kier alpha value is -2.59. The highest BCUT2D eigenvalue weighted by molar-refractivity contribution is 9.10. The summed E-state index contributed by atoms with van der Waals surface area (Å²) in [6.07, 6.45) is 1.03. The van der Waals surface area contributed by atoms with E-state index in [2.05, 4.69) is 21.2 Å². The van der Waals surface area contributed by atoms with E-state index >= 15 is 0 Å². The van der Waals surface area contributed by atoms with E-state index in [-0.39, 0.29) is 18.1 Å². The van der Waals surface area contributed by atoms with Gasteiger partial charge in [-0.2, -0.15) is 0 Å². The molecule has 34 heavy (non-hydrogen) atoms. The summed E-state index contributed by atoms with van der Waals surface area (Å²) in [5.41, 5.74) is 0.555. The zero-order valence-electron chi connectivity index (χ0n) is 20.3. The van der Waals surface area contributed by atoms with Crippen molar-refractivity contribution >= 4 is 43.5 Å². The summed E-state index contributed by atoms with van der Waals surface area (Å²) >= 11 is 3.39. The number of rotatable bonds is 9. The second-order valence-electron chi connectivity index (χ2n) is 9.00. The molecule has 8 nitrogen and oxygen atoms in total. The summed E-state index contributed by atoms with van der Waals surface area (Å²) in [6.45, 7) is 6.84. The van der Waals surface area contributed by atoms with Crippen molar-refractivity contribution < 1.29 is 22.7 Å². The maximum absolute atomic E-state index is 13.5. The number of anilines is 1. The fraction of sp³-hybridized carbons (Fsp3) is 0.417. The molecule has 2 aromatic carbocycles. The molecule has 0 fully saturated rings. The minimum absolute atomic E-state index is 0.133. The van der Waals surface area contributed by atoms with Crippen molar-refractivity contribution in [2.45, 2.75) is 45.8 Å². The quantitative estimate of drug-likeness (QED) is 0.512. The molecule has 0 saturated heterocycles. The molecule has 0 aliphatic rings. The van der Waals surface area contributed by atoms with Gasteiger partial charge in [-0.1, -0.05) is 40.2 Å². The monoisotopic (exact) mass is 553 g/mol. The van der Waals surface area contributed by atoms with Crippen LogP contribution in [0.25, 0.3) is 0 Å². The number of nitrogens with one attached hydrogen (secondary N) is 1. The van der Waals surface area contributed by atoms with Gasteiger partial charge in [0.25, 0.3) is 0 Å². The zero-order valence-corrected chi connectivity index (χ0v) is 22.7. The smallest absolute Gasteiger partial charge is 0.244 e. The molecule has 0 aliphatic carbocycles. The predicted molar refractivity (Wildman–Crippen MR) is 137 cm³/mol. The van der Waals surface area contributed by atoms with Crippen LogP contribution in [0.1, 0.15) is 33.3 Å². The van der Waals surface area contributed by atoms with Gasteiger partial charge in [0.1, 0.15) is 18.3 Å². The first kappa shape index (κ1) is 27.7. The number of para-hydroxylation sites is 2. The second-order valence-corrected chi connectivity index (χ2v) is 11.8. The number of amides is 2. The molecule has 2 aromatic rings. The van der Waals surface area contributed by atoms with Gasteiger partial charge in [0.15, 0.2) is 0 Å². The summed E-state index contributed by atoms with van der Waals surface area (Å²) in [5.74, 6) is -0.532. The lowest BCUT2D eigenvalue weighted by atomic mass is 10.1. The van der Waals surface area contributed by atoms with Crippen LogP contribution in [0, 0.1) is 0 Å². The number of hydrogen-bond acceptors (Lipinski definition) is 5. The number of nitrogens with zero attached hydrogens (tertiary/aromatic N) is 2. The number of sulfonamides is 1. The third kappa shape index (κ3) is 7.73. The van der Waals surface area contributed by atoms with Crippen molar-refractivity contribution in [3.63, 3.8) is 0 Å². The largest absolute Gasteiger partial charge is 0.495 e. The average molecular weight is 555 g/mol. The molecule has 1 atom stereocenters. The van der Waals surface area contributed by atoms with E-state index < -0.39 is 34.1 Å². The van der Waals surface area contributed by atoms with Crippen molar-refractivity contribution in [3.8, 4) is 5.75 Å². The lowest BCUT2D eigenvalue weighted by molar-refractivity contribution is -0.140. The number of ether oxygens (including phenoxy) is 1. The van der Waals surface area contributed by atoms with Gasteiger partial charge in [-0.25, -0.2) is 8.42 Å². The van der Waals surface area contributed by atoms with E-state index in [4.69, 9.17) is 4.74 Å². The van der Waals surface area contributed by atoms with Gasteiger partial charge in [-0.3, -0.25) is 13.9 Å². The molecule has 2 amide bonds. The Kier molecular flexibility index (Phi) is 9.13. The van der Waals surface area contributed by atoms with E-state index in [0.717, 1.165) is 20.6 Å². The maximum atomic E-state index is 13.5. The standard InChI is InChI=1S/C24H32BrN3O5S/c1-17(23(30)26-24(2,3)4)27(15-18-11-13-19(25)14-12-18)22(29)16-28(34(6,31)32)20-9-7-8-10-21(20)33-5/h7-14,17H,15-16H2,1-6H3,(H,26,30)/t17-/m0/s1. The molecule has 0 radical (unpaired) electrons. The number of benzene rings is 2. The lowest BCUT2D eigenvalue weighted by Crippen LogP contribution is -2.54. The first-order valence-corrected chi connectivity index (χ1v) is 13.3. The fourth-order valence-electron chi connectivity index (χ4n) is 3.27. The Bertz CT molecular complexity index is 1110. The van der Waals surface area contributed by atoms with Crippen molar-refractivity contribution in [1.29, 1.82) is 0 Å². The highest BCUT2D eigenvalue weighted by atomic mass is 79.9. The van der Waals surface area contributed by atoms with Crippen LogP contribution in [-0.2, 0) is 26.2 Å². The Morgan fingerprint density at radius 2 is 1.68 bits per heavy atom. The molecule has 0 bridgehead atoms. The van der Waals surface area contributed by atoms with E-state index in [9.17, 15) is 18.0 Å². The van der Waals surface area contributed by atoms with Gasteiger partial charge >= 0.3 is 0 Å². The van der Waals surface area contributed by atoms with Crippen molar-refractivity contribution in [1.82, 2.24) is 10.2 Å². The van der Waals surface area contributed by atoms with Crippen LogP contribution in [0.3, 0.4) is 0 Å². The highest BCUT2D eigenvalue weighted by Crippen LogP contribution is 2.29. The minimum atomic E-state index is -3.83. The SMILES string of the molecule is COc1ccccc1N(CC(=O)N(Cc1ccc(Br)cc1)[C@@H](C)C(=O)NC(C)(C)C)S(C)(=O)=O. The molecule has 0 spiro atoms. The van der Waals surface area contributed by atoms with Crippen LogP contribution in [-0.4, -0.2) is 56.6 Å². The van der Waals surface area contributed by atoms with Crippen LogP contribution in [0.4, 0.5) is 5.69 Å². The predicted octanol–water partition coefficient (Wildman–Crippen LogP) is 3.56. The maximum Gasteiger partial charge on any atom is 0.244 e. The van der Waals surface area contributed by atoms with Crippen molar-refractivity contribution in [2.75, 3.05) is 24.2 Å². The van der Waals surface area contributed by atoms with Crippen molar-refractivity contribution in [2.24, 2.45) is 0 Å². The molecule has 186 valence electrons. The van der Waals surface area contributed by atoms with E-state index in [1.165, 1.54) is 12.0 Å². The molecular weight excluding hydrogens is 522 g/mol. The van der Waals surface area contributed by atoms with Gasteiger partial charge in [0, 0.05) is 16.6 Å². The molecular formula is C24H32BrN3O5S. The topological polar surface area (TPSA) is 96.0 Å². The number of hydrogen-bond donors (Lipinski definition) is 1. The minimum Gasteiger partial charge on any atom is -0.495 e. The Morgan fingerprint density at radius 3 is 2.21 bits per heavy atom. The van der Waals surface area contributed by atoms with Crippen LogP contribution < -0.4 is 14.4 Å². The number of halogens is 1. The van der Waals surface area contributed by atoms with E-state index in [1.54, 1.807) is 31.2 Å². The Labute approximate surface area is 210 Å². The third-order valence-electron chi connectivity index (χ3n) is 4.96. The van der Waals surface area contributed by atoms with Gasteiger partial charge in [-0.15, -0.1) is 0 Å². The second kappa shape index (κ2) is 11.2. The van der Waals surface area contributed by atoms with Crippen LogP contribution >= 0.6 is 15.9 Å². The number of carbonyl (C=O) groups is 2. The third-order valence-corrected chi connectivity index (χ3v) is 6.62. The molecule has 0 aromatic heterocycles. The van der Waals surface area contributed by atoms with Crippen LogP contribution in [0.5, 0.6) is 5.75 Å². The molecule has 0 aliphatic heterocycles. The zero-order chi connectivity index (χ0) is 25.7. The lowest BCUT2D eigenvalue weighted by Gasteiger charge is -2.33. The fourth-order valence-corrected chi connectivity index (χ4v) is 4.39. The summed E-state index contributed by atoms with van der Waals surface area (Å²) in [7, 11) is -2.40. The molecule has 2 rings (SSSR count). The summed E-state index contributed by atoms with van der Waals surface area (Å²) in [4.78, 5) is 27.9. The molecule has 10 heteroatoms. The first-order valence-electron chi connectivity index (χ1n) is 10.7. The van der Waals surface area contributed by atoms with E-state index in [0.29, 0.717) is 5.75 Å². The van der Waals surface area contributed by atoms with Gasteiger partial charge in [-0.05, 0) is 57.5 Å².